The van der Waals surface area contributed by atoms with Gasteiger partial charge in [0.25, 0.3) is 0 Å². The summed E-state index contributed by atoms with van der Waals surface area (Å²) >= 11 is 6.13. The molecule has 0 aliphatic heterocycles. The molecule has 0 aromatic heterocycles. The van der Waals surface area contributed by atoms with Crippen LogP contribution in [0.25, 0.3) is 0 Å². The molecule has 104 valence electrons. The number of carbonyl (C=O) groups excluding carboxylic acids is 1. The molecule has 2 N–H and O–H groups in total. The molecule has 0 aromatic carbocycles. The number of carboxylic acids is 1. The summed E-state index contributed by atoms with van der Waals surface area (Å²) in [5, 5.41) is 18.3. The van der Waals surface area contributed by atoms with Crippen LogP contribution in [0.2, 0.25) is 0 Å². The van der Waals surface area contributed by atoms with E-state index >= 15 is 0 Å². The molecule has 1 fully saturated rings. The average molecular weight is 277 g/mol. The number of halogens is 1. The van der Waals surface area contributed by atoms with E-state index < -0.39 is 12.1 Å². The van der Waals surface area contributed by atoms with Gasteiger partial charge >= 0.3 is 5.97 Å². The molecule has 1 aliphatic carbocycles. The van der Waals surface area contributed by atoms with Gasteiger partial charge in [-0.2, -0.15) is 0 Å². The molecule has 4 unspecified atom stereocenters. The van der Waals surface area contributed by atoms with Crippen LogP contribution >= 0.6 is 11.6 Å². The van der Waals surface area contributed by atoms with Crippen LogP contribution in [0.5, 0.6) is 0 Å². The Hall–Kier alpha value is -0.610. The Kier molecular flexibility index (Phi) is 6.09. The first-order chi connectivity index (χ1) is 8.43. The molecule has 5 heteroatoms. The Balaban J connectivity index is 2.41. The second-order valence-electron chi connectivity index (χ2n) is 5.11. The zero-order valence-electron chi connectivity index (χ0n) is 10.6. The van der Waals surface area contributed by atoms with E-state index in [9.17, 15) is 14.7 Å². The summed E-state index contributed by atoms with van der Waals surface area (Å²) in [6.45, 7) is 1.90. The summed E-state index contributed by atoms with van der Waals surface area (Å²) in [4.78, 5) is 22.4. The van der Waals surface area contributed by atoms with Crippen molar-refractivity contribution in [3.8, 4) is 0 Å². The number of carbonyl (C=O) groups is 2. The largest absolute Gasteiger partial charge is 0.481 e. The minimum absolute atomic E-state index is 0.0117. The number of hydrogen-bond donors (Lipinski definition) is 2. The number of aliphatic hydroxyl groups is 1. The summed E-state index contributed by atoms with van der Waals surface area (Å²) in [5.41, 5.74) is 0. The molecule has 0 aromatic rings. The number of aliphatic carboxylic acids is 1. The molecule has 4 atom stereocenters. The monoisotopic (exact) mass is 276 g/mol. The molecule has 1 saturated carbocycles. The van der Waals surface area contributed by atoms with Crippen molar-refractivity contribution in [3.05, 3.63) is 0 Å². The van der Waals surface area contributed by atoms with Crippen LogP contribution in [-0.2, 0) is 9.59 Å². The van der Waals surface area contributed by atoms with Crippen molar-refractivity contribution in [3.63, 3.8) is 0 Å². The fourth-order valence-electron chi connectivity index (χ4n) is 2.60. The van der Waals surface area contributed by atoms with Crippen LogP contribution in [0.3, 0.4) is 0 Å². The van der Waals surface area contributed by atoms with Crippen molar-refractivity contribution >= 4 is 23.4 Å². The molecule has 0 radical (unpaired) electrons. The van der Waals surface area contributed by atoms with Crippen molar-refractivity contribution < 1.29 is 19.8 Å². The number of hydrogen-bond acceptors (Lipinski definition) is 3. The molecule has 0 heterocycles. The van der Waals surface area contributed by atoms with Gasteiger partial charge in [0.2, 0.25) is 0 Å². The van der Waals surface area contributed by atoms with E-state index in [1.165, 1.54) is 0 Å². The highest BCUT2D eigenvalue weighted by Crippen LogP contribution is 2.35. The lowest BCUT2D eigenvalue weighted by Gasteiger charge is -2.35. The van der Waals surface area contributed by atoms with Gasteiger partial charge in [-0.15, -0.1) is 11.6 Å². The van der Waals surface area contributed by atoms with Gasteiger partial charge in [-0.25, -0.2) is 0 Å². The van der Waals surface area contributed by atoms with Gasteiger partial charge in [0.1, 0.15) is 5.78 Å². The first-order valence-electron chi connectivity index (χ1n) is 6.50. The molecule has 18 heavy (non-hydrogen) atoms. The van der Waals surface area contributed by atoms with Crippen molar-refractivity contribution in [1.29, 1.82) is 0 Å². The minimum atomic E-state index is -0.839. The van der Waals surface area contributed by atoms with E-state index in [0.717, 1.165) is 6.42 Å². The second-order valence-corrected chi connectivity index (χ2v) is 5.67. The van der Waals surface area contributed by atoms with Crippen molar-refractivity contribution in [2.24, 2.45) is 11.8 Å². The van der Waals surface area contributed by atoms with Crippen LogP contribution in [0, 0.1) is 11.8 Å². The number of aliphatic hydroxyl groups excluding tert-OH is 1. The van der Waals surface area contributed by atoms with E-state index in [-0.39, 0.29) is 29.4 Å². The Morgan fingerprint density at radius 1 is 1.22 bits per heavy atom. The second kappa shape index (κ2) is 7.10. The number of rotatable bonds is 6. The normalized spacial score (nSPS) is 32.2. The maximum atomic E-state index is 12.0. The summed E-state index contributed by atoms with van der Waals surface area (Å²) in [6, 6.07) is 0. The number of Topliss-reactive ketones (excluding diaryl/α,β-unsaturated/α-hetero) is 1. The third-order valence-electron chi connectivity index (χ3n) is 3.73. The average Bonchev–Trinajstić information content (AvgIpc) is 2.30. The van der Waals surface area contributed by atoms with Crippen LogP contribution in [0.1, 0.15) is 45.4 Å². The molecule has 1 rings (SSSR count). The number of unbranched alkanes of at least 4 members (excludes halogenated alkanes) is 1. The highest BCUT2D eigenvalue weighted by atomic mass is 35.5. The minimum Gasteiger partial charge on any atom is -0.481 e. The highest BCUT2D eigenvalue weighted by Gasteiger charge is 2.38. The molecule has 0 saturated heterocycles. The third kappa shape index (κ3) is 4.25. The quantitative estimate of drug-likeness (QED) is 0.576. The number of ketones is 1. The van der Waals surface area contributed by atoms with Crippen LogP contribution in [0.15, 0.2) is 0 Å². The van der Waals surface area contributed by atoms with E-state index in [1.54, 1.807) is 0 Å². The number of alkyl halides is 1. The molecule has 1 aliphatic rings. The summed E-state index contributed by atoms with van der Waals surface area (Å²) in [7, 11) is 0. The Labute approximate surface area is 112 Å². The lowest BCUT2D eigenvalue weighted by atomic mass is 9.74. The Morgan fingerprint density at radius 2 is 1.83 bits per heavy atom. The smallest absolute Gasteiger partial charge is 0.303 e. The van der Waals surface area contributed by atoms with Crippen molar-refractivity contribution in [2.75, 3.05) is 0 Å². The zero-order valence-corrected chi connectivity index (χ0v) is 11.4. The van der Waals surface area contributed by atoms with Gasteiger partial charge in [0.15, 0.2) is 0 Å². The molecule has 0 amide bonds. The molecule has 0 spiro atoms. The lowest BCUT2D eigenvalue weighted by molar-refractivity contribution is -0.137. The Bertz CT molecular complexity index is 305. The van der Waals surface area contributed by atoms with Gasteiger partial charge in [0, 0.05) is 24.1 Å². The molecular weight excluding hydrogens is 256 g/mol. The van der Waals surface area contributed by atoms with Gasteiger partial charge < -0.3 is 10.2 Å². The van der Waals surface area contributed by atoms with E-state index in [1.807, 2.05) is 6.92 Å². The maximum absolute atomic E-state index is 12.0. The van der Waals surface area contributed by atoms with E-state index in [0.29, 0.717) is 25.7 Å². The zero-order chi connectivity index (χ0) is 13.7. The fourth-order valence-corrected chi connectivity index (χ4v) is 2.88. The lowest BCUT2D eigenvalue weighted by Crippen LogP contribution is -2.41. The molecular formula is C13H21ClO4. The topological polar surface area (TPSA) is 74.6 Å². The maximum Gasteiger partial charge on any atom is 0.303 e. The summed E-state index contributed by atoms with van der Waals surface area (Å²) < 4.78 is 0. The number of carboxylic acid groups (broad SMARTS) is 1. The van der Waals surface area contributed by atoms with Gasteiger partial charge in [-0.3, -0.25) is 9.59 Å². The van der Waals surface area contributed by atoms with Crippen LogP contribution < -0.4 is 0 Å². The standard InChI is InChI=1S/C13H21ClO4/c1-8-9(14)6-7-11(16)13(8)10(15)4-2-3-5-12(17)18/h8-9,11,13,16H,2-7H2,1H3,(H,17,18). The summed E-state index contributed by atoms with van der Waals surface area (Å²) in [5.74, 6) is -1.21. The van der Waals surface area contributed by atoms with Crippen LogP contribution in [0.4, 0.5) is 0 Å². The van der Waals surface area contributed by atoms with Crippen LogP contribution in [-0.4, -0.2) is 33.4 Å². The summed E-state index contributed by atoms with van der Waals surface area (Å²) in [6.07, 6.45) is 2.21. The predicted octanol–water partition coefficient (Wildman–Crippen LogP) is 2.21. The van der Waals surface area contributed by atoms with Gasteiger partial charge in [-0.1, -0.05) is 6.92 Å². The third-order valence-corrected chi connectivity index (χ3v) is 4.34. The van der Waals surface area contributed by atoms with E-state index in [4.69, 9.17) is 16.7 Å². The molecule has 0 bridgehead atoms. The first kappa shape index (κ1) is 15.4. The predicted molar refractivity (Wildman–Crippen MR) is 68.6 cm³/mol. The van der Waals surface area contributed by atoms with Gasteiger partial charge in [-0.05, 0) is 31.6 Å². The van der Waals surface area contributed by atoms with Crippen molar-refractivity contribution in [1.82, 2.24) is 0 Å². The fraction of sp³-hybridized carbons (Fsp3) is 0.846. The highest BCUT2D eigenvalue weighted by molar-refractivity contribution is 6.21. The molecule has 4 nitrogen and oxygen atoms in total. The SMILES string of the molecule is CC1C(Cl)CCC(O)C1C(=O)CCCCC(=O)O. The van der Waals surface area contributed by atoms with Gasteiger partial charge in [0.05, 0.1) is 6.10 Å². The van der Waals surface area contributed by atoms with Crippen molar-refractivity contribution in [2.45, 2.75) is 56.9 Å². The van der Waals surface area contributed by atoms with E-state index in [2.05, 4.69) is 0 Å². The Morgan fingerprint density at radius 3 is 2.44 bits per heavy atom. The first-order valence-corrected chi connectivity index (χ1v) is 6.93.